The van der Waals surface area contributed by atoms with Gasteiger partial charge in [0.1, 0.15) is 0 Å². The van der Waals surface area contributed by atoms with Gasteiger partial charge in [0.25, 0.3) is 0 Å². The Labute approximate surface area is 158 Å². The molecular formula is C18H15ClF3N5. The lowest BCUT2D eigenvalue weighted by molar-refractivity contribution is -0.136. The van der Waals surface area contributed by atoms with Gasteiger partial charge >= 0.3 is 6.18 Å². The Morgan fingerprint density at radius 3 is 2.52 bits per heavy atom. The van der Waals surface area contributed by atoms with Crippen LogP contribution >= 0.6 is 11.6 Å². The third-order valence-electron chi connectivity index (χ3n) is 3.74. The van der Waals surface area contributed by atoms with Crippen LogP contribution in [-0.4, -0.2) is 21.7 Å². The Kier molecular flexibility index (Phi) is 5.46. The minimum Gasteiger partial charge on any atom is -0.325 e. The normalized spacial score (nSPS) is 11.3. The lowest BCUT2D eigenvalue weighted by Crippen LogP contribution is -2.18. The van der Waals surface area contributed by atoms with Gasteiger partial charge in [0.15, 0.2) is 5.82 Å². The Bertz CT molecular complexity index is 918. The standard InChI is InChI=1S/C18H15ClF3N5/c1-2-27(13-6-4-3-5-7-13)16-11-23-26-17(25-16)24-15-9-8-12(19)10-14(15)18(20,21)22/h3-11H,2H2,1H3,(H,24,25,26). The van der Waals surface area contributed by atoms with Crippen molar-refractivity contribution in [2.45, 2.75) is 13.1 Å². The molecule has 3 rings (SSSR count). The fourth-order valence-electron chi connectivity index (χ4n) is 2.54. The SMILES string of the molecule is CCN(c1ccccc1)c1cnnc(Nc2ccc(Cl)cc2C(F)(F)F)n1. The lowest BCUT2D eigenvalue weighted by atomic mass is 10.1. The van der Waals surface area contributed by atoms with E-state index in [1.165, 1.54) is 18.3 Å². The number of nitrogens with zero attached hydrogens (tertiary/aromatic N) is 4. The maximum absolute atomic E-state index is 13.3. The van der Waals surface area contributed by atoms with Crippen LogP contribution in [0, 0.1) is 0 Å². The van der Waals surface area contributed by atoms with E-state index in [2.05, 4.69) is 20.5 Å². The second-order valence-electron chi connectivity index (χ2n) is 5.53. The zero-order valence-corrected chi connectivity index (χ0v) is 15.0. The second-order valence-corrected chi connectivity index (χ2v) is 5.97. The Hall–Kier alpha value is -2.87. The summed E-state index contributed by atoms with van der Waals surface area (Å²) in [6.45, 7) is 2.53. The van der Waals surface area contributed by atoms with Crippen molar-refractivity contribution < 1.29 is 13.2 Å². The number of benzene rings is 2. The van der Waals surface area contributed by atoms with Crippen LogP contribution in [0.15, 0.2) is 54.7 Å². The summed E-state index contributed by atoms with van der Waals surface area (Å²) in [7, 11) is 0. The quantitative estimate of drug-likeness (QED) is 0.625. The fourth-order valence-corrected chi connectivity index (χ4v) is 2.72. The minimum atomic E-state index is -4.57. The van der Waals surface area contributed by atoms with Gasteiger partial charge in [-0.25, -0.2) is 0 Å². The maximum Gasteiger partial charge on any atom is 0.418 e. The largest absolute Gasteiger partial charge is 0.418 e. The summed E-state index contributed by atoms with van der Waals surface area (Å²) >= 11 is 5.70. The van der Waals surface area contributed by atoms with Gasteiger partial charge in [-0.3, -0.25) is 0 Å². The van der Waals surface area contributed by atoms with Gasteiger partial charge in [-0.1, -0.05) is 29.8 Å². The Morgan fingerprint density at radius 2 is 1.85 bits per heavy atom. The molecule has 0 spiro atoms. The monoisotopic (exact) mass is 393 g/mol. The van der Waals surface area contributed by atoms with E-state index in [1.807, 2.05) is 42.2 Å². The van der Waals surface area contributed by atoms with Gasteiger partial charge in [0, 0.05) is 17.3 Å². The van der Waals surface area contributed by atoms with Crippen molar-refractivity contribution in [1.82, 2.24) is 15.2 Å². The summed E-state index contributed by atoms with van der Waals surface area (Å²) in [5.41, 5.74) is -0.220. The highest BCUT2D eigenvalue weighted by molar-refractivity contribution is 6.30. The topological polar surface area (TPSA) is 53.9 Å². The summed E-state index contributed by atoms with van der Waals surface area (Å²) in [4.78, 5) is 6.17. The molecule has 0 saturated carbocycles. The van der Waals surface area contributed by atoms with Crippen LogP contribution in [0.3, 0.4) is 0 Å². The van der Waals surface area contributed by atoms with Gasteiger partial charge in [-0.05, 0) is 37.3 Å². The van der Waals surface area contributed by atoms with E-state index in [-0.39, 0.29) is 16.7 Å². The molecule has 27 heavy (non-hydrogen) atoms. The highest BCUT2D eigenvalue weighted by Crippen LogP contribution is 2.37. The number of hydrogen-bond donors (Lipinski definition) is 1. The smallest absolute Gasteiger partial charge is 0.325 e. The molecule has 1 heterocycles. The predicted octanol–water partition coefficient (Wildman–Crippen LogP) is 5.45. The van der Waals surface area contributed by atoms with E-state index in [9.17, 15) is 13.2 Å². The molecule has 5 nitrogen and oxygen atoms in total. The molecule has 0 aliphatic heterocycles. The van der Waals surface area contributed by atoms with Crippen LogP contribution in [0.5, 0.6) is 0 Å². The molecule has 0 fully saturated rings. The van der Waals surface area contributed by atoms with Crippen molar-refractivity contribution in [2.75, 3.05) is 16.8 Å². The van der Waals surface area contributed by atoms with Crippen molar-refractivity contribution in [2.24, 2.45) is 0 Å². The first-order valence-corrected chi connectivity index (χ1v) is 8.42. The van der Waals surface area contributed by atoms with Crippen LogP contribution < -0.4 is 10.2 Å². The number of anilines is 4. The lowest BCUT2D eigenvalue weighted by Gasteiger charge is -2.22. The molecule has 0 radical (unpaired) electrons. The van der Waals surface area contributed by atoms with E-state index in [4.69, 9.17) is 11.6 Å². The highest BCUT2D eigenvalue weighted by atomic mass is 35.5. The number of aromatic nitrogens is 3. The van der Waals surface area contributed by atoms with Crippen molar-refractivity contribution >= 4 is 34.7 Å². The van der Waals surface area contributed by atoms with Gasteiger partial charge in [0.05, 0.1) is 17.4 Å². The average molecular weight is 394 g/mol. The van der Waals surface area contributed by atoms with E-state index >= 15 is 0 Å². The number of nitrogens with one attached hydrogen (secondary N) is 1. The Balaban J connectivity index is 1.93. The van der Waals surface area contributed by atoms with Crippen molar-refractivity contribution in [3.05, 3.63) is 65.3 Å². The van der Waals surface area contributed by atoms with E-state index in [1.54, 1.807) is 0 Å². The molecule has 0 atom stereocenters. The van der Waals surface area contributed by atoms with Crippen LogP contribution in [0.4, 0.5) is 36.3 Å². The zero-order chi connectivity index (χ0) is 19.4. The predicted molar refractivity (Wildman–Crippen MR) is 98.7 cm³/mol. The summed E-state index contributed by atoms with van der Waals surface area (Å²) in [6.07, 6.45) is -3.12. The summed E-state index contributed by atoms with van der Waals surface area (Å²) in [6, 6.07) is 12.9. The molecular weight excluding hydrogens is 379 g/mol. The number of alkyl halides is 3. The molecule has 1 N–H and O–H groups in total. The molecule has 0 unspecified atom stereocenters. The molecule has 0 amide bonds. The molecule has 1 aromatic heterocycles. The average Bonchev–Trinajstić information content (AvgIpc) is 2.64. The Morgan fingerprint density at radius 1 is 1.11 bits per heavy atom. The third-order valence-corrected chi connectivity index (χ3v) is 3.98. The molecule has 3 aromatic rings. The maximum atomic E-state index is 13.3. The van der Waals surface area contributed by atoms with Gasteiger partial charge < -0.3 is 10.2 Å². The van der Waals surface area contributed by atoms with E-state index < -0.39 is 11.7 Å². The number of rotatable bonds is 5. The first kappa shape index (κ1) is 18.9. The van der Waals surface area contributed by atoms with Crippen molar-refractivity contribution in [1.29, 1.82) is 0 Å². The molecule has 0 aliphatic carbocycles. The van der Waals surface area contributed by atoms with Crippen LogP contribution in [0.2, 0.25) is 5.02 Å². The molecule has 2 aromatic carbocycles. The van der Waals surface area contributed by atoms with E-state index in [0.29, 0.717) is 12.4 Å². The third kappa shape index (κ3) is 4.46. The van der Waals surface area contributed by atoms with Crippen molar-refractivity contribution in [3.63, 3.8) is 0 Å². The summed E-state index contributed by atoms with van der Waals surface area (Å²) in [5.74, 6) is 0.415. The highest BCUT2D eigenvalue weighted by Gasteiger charge is 2.34. The summed E-state index contributed by atoms with van der Waals surface area (Å²) < 4.78 is 39.8. The molecule has 0 saturated heterocycles. The van der Waals surface area contributed by atoms with Crippen LogP contribution in [0.25, 0.3) is 0 Å². The summed E-state index contributed by atoms with van der Waals surface area (Å²) in [5, 5.41) is 10.2. The number of para-hydroxylation sites is 1. The first-order chi connectivity index (χ1) is 12.9. The first-order valence-electron chi connectivity index (χ1n) is 8.04. The minimum absolute atomic E-state index is 0.0121. The zero-order valence-electron chi connectivity index (χ0n) is 14.2. The van der Waals surface area contributed by atoms with Crippen LogP contribution in [0.1, 0.15) is 12.5 Å². The van der Waals surface area contributed by atoms with Gasteiger partial charge in [-0.2, -0.15) is 23.3 Å². The van der Waals surface area contributed by atoms with Crippen molar-refractivity contribution in [3.8, 4) is 0 Å². The van der Waals surface area contributed by atoms with Gasteiger partial charge in [-0.15, -0.1) is 5.10 Å². The van der Waals surface area contributed by atoms with Gasteiger partial charge in [0.2, 0.25) is 5.95 Å². The number of halogens is 4. The molecule has 140 valence electrons. The fraction of sp³-hybridized carbons (Fsp3) is 0.167. The van der Waals surface area contributed by atoms with E-state index in [0.717, 1.165) is 11.8 Å². The molecule has 9 heteroatoms. The van der Waals surface area contributed by atoms with Crippen LogP contribution in [-0.2, 0) is 6.18 Å². The molecule has 0 aliphatic rings. The molecule has 0 bridgehead atoms. The second kappa shape index (κ2) is 7.79. The number of hydrogen-bond acceptors (Lipinski definition) is 5.